The van der Waals surface area contributed by atoms with Crippen LogP contribution in [0.5, 0.6) is 5.75 Å². The second kappa shape index (κ2) is 9.28. The predicted octanol–water partition coefficient (Wildman–Crippen LogP) is 2.75. The highest BCUT2D eigenvalue weighted by Gasteiger charge is 2.09. The molecule has 5 aromatic rings. The molecule has 34 heavy (non-hydrogen) atoms. The number of anilines is 1. The fraction of sp³-hybridized carbons (Fsp3) is 0.167. The number of hydrogen-bond acceptors (Lipinski definition) is 7. The number of fused-ring (bicyclic) bond motifs is 2. The molecule has 0 radical (unpaired) electrons. The van der Waals surface area contributed by atoms with Crippen molar-refractivity contribution in [2.45, 2.75) is 6.54 Å². The minimum absolute atomic E-state index is 0.0842. The highest BCUT2D eigenvalue weighted by atomic mass is 19.1. The Morgan fingerprint density at radius 3 is 2.88 bits per heavy atom. The van der Waals surface area contributed by atoms with Gasteiger partial charge in [-0.25, -0.2) is 14.1 Å². The maximum Gasteiger partial charge on any atom is 0.266 e. The van der Waals surface area contributed by atoms with E-state index in [1.807, 2.05) is 6.07 Å². The summed E-state index contributed by atoms with van der Waals surface area (Å²) in [7, 11) is 0. The van der Waals surface area contributed by atoms with E-state index < -0.39 is 0 Å². The van der Waals surface area contributed by atoms with Gasteiger partial charge in [0.15, 0.2) is 5.82 Å². The van der Waals surface area contributed by atoms with Crippen molar-refractivity contribution in [3.05, 3.63) is 83.3 Å². The van der Waals surface area contributed by atoms with Gasteiger partial charge in [0.2, 0.25) is 0 Å². The van der Waals surface area contributed by atoms with E-state index in [0.717, 1.165) is 11.1 Å². The second-order valence-electron chi connectivity index (χ2n) is 7.54. The summed E-state index contributed by atoms with van der Waals surface area (Å²) in [6.45, 7) is 0.821. The van der Waals surface area contributed by atoms with Crippen LogP contribution in [0.15, 0.2) is 71.9 Å². The predicted molar refractivity (Wildman–Crippen MR) is 126 cm³/mol. The molecule has 2 N–H and O–H groups in total. The molecule has 4 aromatic heterocycles. The van der Waals surface area contributed by atoms with E-state index in [2.05, 4.69) is 20.4 Å². The fourth-order valence-electron chi connectivity index (χ4n) is 3.72. The molecule has 0 aliphatic heterocycles. The molecule has 0 saturated heterocycles. The van der Waals surface area contributed by atoms with Crippen LogP contribution in [0.25, 0.3) is 27.8 Å². The van der Waals surface area contributed by atoms with E-state index in [0.29, 0.717) is 41.2 Å². The second-order valence-corrected chi connectivity index (χ2v) is 7.54. The number of pyridine rings is 2. The molecule has 0 bridgehead atoms. The first-order valence-corrected chi connectivity index (χ1v) is 10.7. The molecular weight excluding hydrogens is 439 g/mol. The maximum absolute atomic E-state index is 13.7. The number of hydrogen-bond donors (Lipinski definition) is 2. The van der Waals surface area contributed by atoms with Crippen molar-refractivity contribution >= 4 is 27.6 Å². The molecule has 0 aliphatic rings. The Bertz CT molecular complexity index is 1530. The Morgan fingerprint density at radius 2 is 2.00 bits per heavy atom. The molecule has 9 nitrogen and oxygen atoms in total. The highest BCUT2D eigenvalue weighted by Crippen LogP contribution is 2.23. The number of nitrogens with one attached hydrogen (secondary N) is 1. The number of ether oxygens (including phenoxy) is 1. The van der Waals surface area contributed by atoms with Gasteiger partial charge in [0, 0.05) is 36.5 Å². The zero-order valence-corrected chi connectivity index (χ0v) is 18.1. The minimum atomic E-state index is -0.338. The van der Waals surface area contributed by atoms with Crippen LogP contribution in [0, 0.1) is 5.82 Å². The molecule has 0 atom stereocenters. The van der Waals surface area contributed by atoms with Crippen LogP contribution in [-0.4, -0.2) is 49.2 Å². The zero-order chi connectivity index (χ0) is 23.5. The quantitative estimate of drug-likeness (QED) is 0.367. The lowest BCUT2D eigenvalue weighted by atomic mass is 10.2. The zero-order valence-electron chi connectivity index (χ0n) is 18.1. The van der Waals surface area contributed by atoms with Crippen LogP contribution >= 0.6 is 0 Å². The lowest BCUT2D eigenvalue weighted by Crippen LogP contribution is -2.26. The van der Waals surface area contributed by atoms with Crippen molar-refractivity contribution in [3.8, 4) is 11.6 Å². The molecule has 0 amide bonds. The molecule has 10 heteroatoms. The molecule has 0 unspecified atom stereocenters. The van der Waals surface area contributed by atoms with Crippen molar-refractivity contribution in [3.63, 3.8) is 0 Å². The lowest BCUT2D eigenvalue weighted by molar-refractivity contribution is 0.201. The van der Waals surface area contributed by atoms with Gasteiger partial charge in [-0.05, 0) is 36.4 Å². The maximum atomic E-state index is 13.7. The van der Waals surface area contributed by atoms with Crippen LogP contribution in [0.4, 0.5) is 10.1 Å². The van der Waals surface area contributed by atoms with E-state index in [-0.39, 0.29) is 24.6 Å². The average molecular weight is 460 g/mol. The number of benzene rings is 1. The van der Waals surface area contributed by atoms with Gasteiger partial charge in [0.25, 0.3) is 5.56 Å². The van der Waals surface area contributed by atoms with Crippen molar-refractivity contribution in [2.75, 3.05) is 25.1 Å². The standard InChI is InChI=1S/C24H21FN6O3/c25-17-2-1-16-6-9-30(21(16)13-17)22-3-4-23(33)31(29-22)10-8-27-19-5-7-26-20-14-18(34-12-11-32)15-28-24(19)20/h1-7,9,13-15,32H,8,10-12H2,(H,26,27). The smallest absolute Gasteiger partial charge is 0.266 e. The summed E-state index contributed by atoms with van der Waals surface area (Å²) < 4.78 is 22.2. The third kappa shape index (κ3) is 4.30. The summed E-state index contributed by atoms with van der Waals surface area (Å²) in [4.78, 5) is 21.1. The van der Waals surface area contributed by atoms with Gasteiger partial charge >= 0.3 is 0 Å². The van der Waals surface area contributed by atoms with Gasteiger partial charge in [0.1, 0.15) is 23.7 Å². The van der Waals surface area contributed by atoms with Crippen LogP contribution < -0.4 is 15.6 Å². The van der Waals surface area contributed by atoms with Crippen molar-refractivity contribution in [1.29, 1.82) is 0 Å². The average Bonchev–Trinajstić information content (AvgIpc) is 3.27. The van der Waals surface area contributed by atoms with E-state index in [1.54, 1.807) is 47.4 Å². The molecule has 4 heterocycles. The number of nitrogens with zero attached hydrogens (tertiary/aromatic N) is 5. The summed E-state index contributed by atoms with van der Waals surface area (Å²) in [6, 6.07) is 13.0. The first-order chi connectivity index (χ1) is 16.6. The van der Waals surface area contributed by atoms with E-state index in [4.69, 9.17) is 9.84 Å². The Labute approximate surface area is 193 Å². The van der Waals surface area contributed by atoms with E-state index in [1.165, 1.54) is 22.9 Å². The summed E-state index contributed by atoms with van der Waals surface area (Å²) >= 11 is 0. The minimum Gasteiger partial charge on any atom is -0.490 e. The Kier molecular flexibility index (Phi) is 5.88. The highest BCUT2D eigenvalue weighted by molar-refractivity contribution is 5.87. The molecular formula is C24H21FN6O3. The van der Waals surface area contributed by atoms with Gasteiger partial charge in [-0.2, -0.15) is 5.10 Å². The number of halogens is 1. The monoisotopic (exact) mass is 460 g/mol. The molecule has 0 spiro atoms. The van der Waals surface area contributed by atoms with Gasteiger partial charge in [0.05, 0.1) is 36.1 Å². The SMILES string of the molecule is O=c1ccc(-n2ccc3ccc(F)cc32)nn1CCNc1ccnc2cc(OCCO)cnc12. The normalized spacial score (nSPS) is 11.2. The van der Waals surface area contributed by atoms with Crippen LogP contribution in [-0.2, 0) is 6.54 Å². The van der Waals surface area contributed by atoms with Crippen LogP contribution in [0.1, 0.15) is 0 Å². The van der Waals surface area contributed by atoms with E-state index in [9.17, 15) is 9.18 Å². The molecule has 0 saturated carbocycles. The number of rotatable bonds is 8. The molecule has 1 aromatic carbocycles. The lowest BCUT2D eigenvalue weighted by Gasteiger charge is -2.12. The first kappa shape index (κ1) is 21.5. The Balaban J connectivity index is 1.34. The number of aliphatic hydroxyl groups is 1. The van der Waals surface area contributed by atoms with Gasteiger partial charge in [-0.15, -0.1) is 0 Å². The Hall–Kier alpha value is -4.31. The number of aromatic nitrogens is 5. The third-order valence-electron chi connectivity index (χ3n) is 5.31. The molecule has 0 aliphatic carbocycles. The summed E-state index contributed by atoms with van der Waals surface area (Å²) in [5.41, 5.74) is 2.50. The van der Waals surface area contributed by atoms with Gasteiger partial charge in [-0.1, -0.05) is 0 Å². The van der Waals surface area contributed by atoms with Crippen molar-refractivity contribution < 1.29 is 14.2 Å². The van der Waals surface area contributed by atoms with Crippen molar-refractivity contribution in [2.24, 2.45) is 0 Å². The Morgan fingerprint density at radius 1 is 1.09 bits per heavy atom. The van der Waals surface area contributed by atoms with Gasteiger partial charge < -0.3 is 15.2 Å². The summed E-state index contributed by atoms with van der Waals surface area (Å²) in [5, 5.41) is 17.5. The van der Waals surface area contributed by atoms with Gasteiger partial charge in [-0.3, -0.25) is 14.3 Å². The summed E-state index contributed by atoms with van der Waals surface area (Å²) in [5.74, 6) is 0.707. The molecule has 0 fully saturated rings. The third-order valence-corrected chi connectivity index (χ3v) is 5.31. The largest absolute Gasteiger partial charge is 0.490 e. The van der Waals surface area contributed by atoms with Crippen LogP contribution in [0.2, 0.25) is 0 Å². The summed E-state index contributed by atoms with van der Waals surface area (Å²) in [6.07, 6.45) is 5.03. The fourth-order valence-corrected chi connectivity index (χ4v) is 3.72. The topological polar surface area (TPSA) is 107 Å². The van der Waals surface area contributed by atoms with Crippen molar-refractivity contribution in [1.82, 2.24) is 24.3 Å². The molecule has 172 valence electrons. The number of aliphatic hydroxyl groups excluding tert-OH is 1. The molecule has 5 rings (SSSR count). The van der Waals surface area contributed by atoms with E-state index >= 15 is 0 Å². The first-order valence-electron chi connectivity index (χ1n) is 10.7. The van der Waals surface area contributed by atoms with Crippen LogP contribution in [0.3, 0.4) is 0 Å².